The molecule has 1 fully saturated rings. The summed E-state index contributed by atoms with van der Waals surface area (Å²) in [6.07, 6.45) is 2.33. The summed E-state index contributed by atoms with van der Waals surface area (Å²) in [5.74, 6) is 0.445. The highest BCUT2D eigenvalue weighted by molar-refractivity contribution is 6.12. The highest BCUT2D eigenvalue weighted by Crippen LogP contribution is 2.39. The minimum Gasteiger partial charge on any atom is -0.490 e. The standard InChI is InChI=1S/C28H28N4O5/c1-28(2,27(34)29-15-16-4-5-16)19-8-10-21-23(14-19)30-22-12-17(6-9-20(22)26(33)31-21)18-7-11-24(32(35)36)25(13-18)37-3/h6-14,16,30H,4-5,15H2,1-3H3,(H,29,34)(H,31,33). The Morgan fingerprint density at radius 2 is 1.76 bits per heavy atom. The molecule has 3 aromatic carbocycles. The van der Waals surface area contributed by atoms with Crippen LogP contribution in [0.4, 0.5) is 22.7 Å². The Hall–Kier alpha value is -4.40. The topological polar surface area (TPSA) is 123 Å². The number of fused-ring (bicyclic) bond motifs is 2. The van der Waals surface area contributed by atoms with E-state index in [4.69, 9.17) is 4.74 Å². The molecule has 1 aliphatic carbocycles. The van der Waals surface area contributed by atoms with Crippen LogP contribution in [0.3, 0.4) is 0 Å². The van der Waals surface area contributed by atoms with E-state index in [1.54, 1.807) is 30.3 Å². The first-order valence-corrected chi connectivity index (χ1v) is 12.2. The van der Waals surface area contributed by atoms with Gasteiger partial charge in [-0.25, -0.2) is 0 Å². The summed E-state index contributed by atoms with van der Waals surface area (Å²) in [5, 5.41) is 20.6. The molecule has 0 saturated heterocycles. The molecule has 190 valence electrons. The van der Waals surface area contributed by atoms with Crippen LogP contribution in [-0.4, -0.2) is 30.4 Å². The molecule has 9 heteroatoms. The Labute approximate surface area is 214 Å². The lowest BCUT2D eigenvalue weighted by atomic mass is 9.83. The lowest BCUT2D eigenvalue weighted by molar-refractivity contribution is -0.385. The number of ether oxygens (including phenoxy) is 1. The summed E-state index contributed by atoms with van der Waals surface area (Å²) in [6, 6.07) is 15.5. The average molecular weight is 501 g/mol. The van der Waals surface area contributed by atoms with Gasteiger partial charge in [-0.3, -0.25) is 19.7 Å². The van der Waals surface area contributed by atoms with Crippen LogP contribution < -0.4 is 20.7 Å². The molecule has 3 aromatic rings. The SMILES string of the molecule is COc1cc(-c2ccc3c(c2)Nc2cc(C(C)(C)C(=O)NCC4CC4)ccc2NC3=O)ccc1[N+](=O)[O-]. The third kappa shape index (κ3) is 4.72. The third-order valence-electron chi connectivity index (χ3n) is 7.05. The molecule has 0 unspecified atom stereocenters. The lowest BCUT2D eigenvalue weighted by Crippen LogP contribution is -2.41. The van der Waals surface area contributed by atoms with Crippen molar-refractivity contribution in [3.8, 4) is 16.9 Å². The molecule has 1 saturated carbocycles. The smallest absolute Gasteiger partial charge is 0.310 e. The lowest BCUT2D eigenvalue weighted by Gasteiger charge is -2.25. The van der Waals surface area contributed by atoms with Crippen LogP contribution in [0.15, 0.2) is 54.6 Å². The number of carbonyl (C=O) groups is 2. The molecule has 0 spiro atoms. The molecular weight excluding hydrogens is 472 g/mol. The Morgan fingerprint density at radius 3 is 2.46 bits per heavy atom. The molecule has 1 aliphatic heterocycles. The summed E-state index contributed by atoms with van der Waals surface area (Å²) in [4.78, 5) is 36.7. The van der Waals surface area contributed by atoms with Gasteiger partial charge in [0.05, 0.1) is 40.1 Å². The number of benzene rings is 3. The van der Waals surface area contributed by atoms with E-state index in [9.17, 15) is 19.7 Å². The maximum Gasteiger partial charge on any atom is 0.310 e. The second kappa shape index (κ2) is 9.24. The summed E-state index contributed by atoms with van der Waals surface area (Å²) < 4.78 is 5.21. The maximum atomic E-state index is 13.0. The monoisotopic (exact) mass is 500 g/mol. The Kier molecular flexibility index (Phi) is 6.07. The Morgan fingerprint density at radius 1 is 1.03 bits per heavy atom. The molecule has 5 rings (SSSR count). The van der Waals surface area contributed by atoms with Crippen molar-refractivity contribution in [1.82, 2.24) is 5.32 Å². The molecule has 0 aromatic heterocycles. The van der Waals surface area contributed by atoms with Crippen molar-refractivity contribution in [3.05, 3.63) is 75.8 Å². The van der Waals surface area contributed by atoms with Crippen molar-refractivity contribution in [2.75, 3.05) is 24.3 Å². The van der Waals surface area contributed by atoms with Gasteiger partial charge in [-0.05, 0) is 85.7 Å². The second-order valence-corrected chi connectivity index (χ2v) is 10.0. The molecule has 2 amide bonds. The van der Waals surface area contributed by atoms with Gasteiger partial charge in [0.25, 0.3) is 5.91 Å². The Bertz CT molecular complexity index is 1430. The number of nitro groups is 1. The van der Waals surface area contributed by atoms with Gasteiger partial charge >= 0.3 is 5.69 Å². The number of hydrogen-bond donors (Lipinski definition) is 3. The molecule has 37 heavy (non-hydrogen) atoms. The largest absolute Gasteiger partial charge is 0.490 e. The number of nitrogens with one attached hydrogen (secondary N) is 3. The van der Waals surface area contributed by atoms with E-state index in [1.807, 2.05) is 32.0 Å². The number of rotatable bonds is 7. The van der Waals surface area contributed by atoms with Crippen LogP contribution >= 0.6 is 0 Å². The zero-order valence-electron chi connectivity index (χ0n) is 20.9. The van der Waals surface area contributed by atoms with E-state index in [1.165, 1.54) is 13.2 Å². The minimum absolute atomic E-state index is 0.0354. The van der Waals surface area contributed by atoms with Crippen molar-refractivity contribution in [3.63, 3.8) is 0 Å². The summed E-state index contributed by atoms with van der Waals surface area (Å²) >= 11 is 0. The van der Waals surface area contributed by atoms with Gasteiger partial charge in [-0.15, -0.1) is 0 Å². The minimum atomic E-state index is -0.762. The number of amides is 2. The molecule has 0 bridgehead atoms. The quantitative estimate of drug-likeness (QED) is 0.296. The molecule has 1 heterocycles. The number of nitro benzene ring substituents is 1. The normalized spacial score (nSPS) is 14.4. The van der Waals surface area contributed by atoms with Gasteiger partial charge in [-0.1, -0.05) is 12.1 Å². The van der Waals surface area contributed by atoms with Crippen molar-refractivity contribution < 1.29 is 19.2 Å². The Balaban J connectivity index is 1.48. The predicted octanol–water partition coefficient (Wildman–Crippen LogP) is 5.38. The van der Waals surface area contributed by atoms with Crippen LogP contribution in [0.1, 0.15) is 42.6 Å². The van der Waals surface area contributed by atoms with Crippen LogP contribution in [0.25, 0.3) is 11.1 Å². The third-order valence-corrected chi connectivity index (χ3v) is 7.05. The zero-order chi connectivity index (χ0) is 26.3. The van der Waals surface area contributed by atoms with E-state index < -0.39 is 10.3 Å². The van der Waals surface area contributed by atoms with Gasteiger partial charge in [-0.2, -0.15) is 0 Å². The molecule has 9 nitrogen and oxygen atoms in total. The fourth-order valence-corrected chi connectivity index (χ4v) is 4.42. The highest BCUT2D eigenvalue weighted by Gasteiger charge is 2.32. The number of nitrogens with zero attached hydrogens (tertiary/aromatic N) is 1. The van der Waals surface area contributed by atoms with Gasteiger partial charge in [0.2, 0.25) is 5.91 Å². The van der Waals surface area contributed by atoms with Crippen LogP contribution in [-0.2, 0) is 10.2 Å². The maximum absolute atomic E-state index is 13.0. The second-order valence-electron chi connectivity index (χ2n) is 10.0. The summed E-state index contributed by atoms with van der Waals surface area (Å²) in [5.41, 5.74) is 3.72. The van der Waals surface area contributed by atoms with Crippen molar-refractivity contribution in [2.24, 2.45) is 5.92 Å². The molecule has 2 aliphatic rings. The van der Waals surface area contributed by atoms with Crippen LogP contribution in [0.2, 0.25) is 0 Å². The van der Waals surface area contributed by atoms with Gasteiger partial charge in [0, 0.05) is 12.6 Å². The van der Waals surface area contributed by atoms with Gasteiger partial charge in [0.1, 0.15) is 0 Å². The van der Waals surface area contributed by atoms with E-state index >= 15 is 0 Å². The van der Waals surface area contributed by atoms with Gasteiger partial charge in [0.15, 0.2) is 5.75 Å². The number of methoxy groups -OCH3 is 1. The van der Waals surface area contributed by atoms with E-state index in [2.05, 4.69) is 16.0 Å². The molecular formula is C28H28N4O5. The number of carbonyl (C=O) groups excluding carboxylic acids is 2. The summed E-state index contributed by atoms with van der Waals surface area (Å²) in [6.45, 7) is 4.48. The molecule has 0 radical (unpaired) electrons. The van der Waals surface area contributed by atoms with Crippen LogP contribution in [0, 0.1) is 16.0 Å². The van der Waals surface area contributed by atoms with E-state index in [0.29, 0.717) is 40.7 Å². The first-order valence-electron chi connectivity index (χ1n) is 12.2. The first-order chi connectivity index (χ1) is 17.7. The van der Waals surface area contributed by atoms with Crippen molar-refractivity contribution in [1.29, 1.82) is 0 Å². The fourth-order valence-electron chi connectivity index (χ4n) is 4.42. The molecule has 3 N–H and O–H groups in total. The first kappa shape index (κ1) is 24.3. The molecule has 0 atom stereocenters. The zero-order valence-corrected chi connectivity index (χ0v) is 20.9. The van der Waals surface area contributed by atoms with Crippen molar-refractivity contribution >= 4 is 34.6 Å². The van der Waals surface area contributed by atoms with Crippen molar-refractivity contribution in [2.45, 2.75) is 32.1 Å². The average Bonchev–Trinajstić information content (AvgIpc) is 3.72. The van der Waals surface area contributed by atoms with E-state index in [-0.39, 0.29) is 23.3 Å². The highest BCUT2D eigenvalue weighted by atomic mass is 16.6. The number of anilines is 3. The van der Waals surface area contributed by atoms with Crippen LogP contribution in [0.5, 0.6) is 5.75 Å². The summed E-state index contributed by atoms with van der Waals surface area (Å²) in [7, 11) is 1.39. The number of hydrogen-bond acceptors (Lipinski definition) is 6. The van der Waals surface area contributed by atoms with E-state index in [0.717, 1.165) is 24.0 Å². The van der Waals surface area contributed by atoms with Gasteiger partial charge < -0.3 is 20.7 Å². The fraction of sp³-hybridized carbons (Fsp3) is 0.286. The predicted molar refractivity (Wildman–Crippen MR) is 142 cm³/mol.